The molecule has 3 aliphatic rings. The molecule has 1 unspecified atom stereocenters. The molecule has 3 amide bonds. The molecule has 0 saturated carbocycles. The van der Waals surface area contributed by atoms with E-state index in [0.29, 0.717) is 63.8 Å². The van der Waals surface area contributed by atoms with Gasteiger partial charge in [-0.3, -0.25) is 14.4 Å². The average Bonchev–Trinajstić information content (AvgIpc) is 3.50. The summed E-state index contributed by atoms with van der Waals surface area (Å²) in [5, 5.41) is 12.0. The van der Waals surface area contributed by atoms with E-state index in [1.807, 2.05) is 16.5 Å². The highest BCUT2D eigenvalue weighted by molar-refractivity contribution is 6.06. The number of ether oxygens (including phenoxy) is 1. The van der Waals surface area contributed by atoms with E-state index >= 15 is 0 Å². The molecule has 2 N–H and O–H groups in total. The first-order chi connectivity index (χ1) is 17.9. The highest BCUT2D eigenvalue weighted by atomic mass is 16.5. The van der Waals surface area contributed by atoms with Gasteiger partial charge in [-0.05, 0) is 38.5 Å². The van der Waals surface area contributed by atoms with E-state index in [1.165, 1.54) is 0 Å². The van der Waals surface area contributed by atoms with Crippen LogP contribution in [0.2, 0.25) is 0 Å². The van der Waals surface area contributed by atoms with Crippen LogP contribution < -0.4 is 10.6 Å². The number of carbonyl (C=O) groups excluding carboxylic acids is 3. The van der Waals surface area contributed by atoms with Crippen molar-refractivity contribution in [2.45, 2.75) is 51.6 Å². The van der Waals surface area contributed by atoms with Crippen molar-refractivity contribution in [3.63, 3.8) is 0 Å². The molecule has 3 saturated heterocycles. The number of amides is 3. The van der Waals surface area contributed by atoms with Crippen molar-refractivity contribution in [1.82, 2.24) is 29.9 Å². The van der Waals surface area contributed by atoms with Crippen molar-refractivity contribution < 1.29 is 19.1 Å². The van der Waals surface area contributed by atoms with Gasteiger partial charge in [0.05, 0.1) is 28.8 Å². The predicted octanol–water partition coefficient (Wildman–Crippen LogP) is 1.49. The van der Waals surface area contributed by atoms with Crippen molar-refractivity contribution in [3.05, 3.63) is 18.0 Å². The van der Waals surface area contributed by atoms with Gasteiger partial charge >= 0.3 is 0 Å². The van der Waals surface area contributed by atoms with Crippen LogP contribution in [0.15, 0.2) is 12.4 Å². The Morgan fingerprint density at radius 1 is 1.14 bits per heavy atom. The third-order valence-corrected chi connectivity index (χ3v) is 7.95. The molecule has 11 heteroatoms. The Morgan fingerprint density at radius 3 is 2.57 bits per heavy atom. The van der Waals surface area contributed by atoms with Crippen LogP contribution in [0.25, 0.3) is 11.0 Å². The number of rotatable bonds is 7. The Kier molecular flexibility index (Phi) is 7.59. The Morgan fingerprint density at radius 2 is 1.89 bits per heavy atom. The van der Waals surface area contributed by atoms with Gasteiger partial charge in [0.25, 0.3) is 5.91 Å². The van der Waals surface area contributed by atoms with E-state index in [-0.39, 0.29) is 29.7 Å². The molecule has 200 valence electrons. The summed E-state index contributed by atoms with van der Waals surface area (Å²) < 4.78 is 7.33. The molecule has 0 aliphatic carbocycles. The molecule has 3 fully saturated rings. The van der Waals surface area contributed by atoms with E-state index in [1.54, 1.807) is 24.3 Å². The van der Waals surface area contributed by atoms with E-state index in [9.17, 15) is 14.4 Å². The number of fused-ring (bicyclic) bond motifs is 1. The molecule has 3 aliphatic heterocycles. The first-order valence-corrected chi connectivity index (χ1v) is 13.4. The molecule has 2 aromatic heterocycles. The summed E-state index contributed by atoms with van der Waals surface area (Å²) in [6.07, 6.45) is 7.17. The lowest BCUT2D eigenvalue weighted by atomic mass is 9.95. The minimum Gasteiger partial charge on any atom is -0.381 e. The Bertz CT molecular complexity index is 1150. The van der Waals surface area contributed by atoms with Crippen LogP contribution in [0.3, 0.4) is 0 Å². The zero-order valence-electron chi connectivity index (χ0n) is 21.7. The number of aromatic nitrogens is 3. The fraction of sp³-hybridized carbons (Fsp3) is 0.654. The molecule has 0 aromatic carbocycles. The van der Waals surface area contributed by atoms with Crippen LogP contribution >= 0.6 is 0 Å². The highest BCUT2D eigenvalue weighted by Crippen LogP contribution is 2.29. The van der Waals surface area contributed by atoms with Gasteiger partial charge in [-0.2, -0.15) is 5.10 Å². The molecular weight excluding hydrogens is 474 g/mol. The smallest absolute Gasteiger partial charge is 0.254 e. The van der Waals surface area contributed by atoms with Crippen LogP contribution in [0.1, 0.15) is 49.4 Å². The second-order valence-corrected chi connectivity index (χ2v) is 10.4. The number of pyridine rings is 1. The van der Waals surface area contributed by atoms with Gasteiger partial charge < -0.3 is 25.2 Å². The molecule has 5 heterocycles. The number of aryl methyl sites for hydroxylation is 1. The van der Waals surface area contributed by atoms with Gasteiger partial charge in [0, 0.05) is 71.6 Å². The number of nitrogens with one attached hydrogen (secondary N) is 2. The third kappa shape index (κ3) is 5.41. The monoisotopic (exact) mass is 511 g/mol. The fourth-order valence-electron chi connectivity index (χ4n) is 5.61. The highest BCUT2D eigenvalue weighted by Gasteiger charge is 2.36. The number of hydrogen-bond donors (Lipinski definition) is 2. The minimum absolute atomic E-state index is 0.0383. The van der Waals surface area contributed by atoms with E-state index in [4.69, 9.17) is 4.74 Å². The van der Waals surface area contributed by atoms with Crippen molar-refractivity contribution >= 4 is 34.4 Å². The second kappa shape index (κ2) is 11.0. The number of hydrogen-bond acceptors (Lipinski definition) is 7. The summed E-state index contributed by atoms with van der Waals surface area (Å²) in [4.78, 5) is 46.1. The van der Waals surface area contributed by atoms with Gasteiger partial charge in [-0.1, -0.05) is 0 Å². The maximum Gasteiger partial charge on any atom is 0.254 e. The lowest BCUT2D eigenvalue weighted by Crippen LogP contribution is -2.44. The number of piperidine rings is 1. The zero-order valence-corrected chi connectivity index (χ0v) is 21.7. The first kappa shape index (κ1) is 25.4. The Hall–Kier alpha value is -3.21. The summed E-state index contributed by atoms with van der Waals surface area (Å²) in [5.74, 6) is 0.0359. The second-order valence-electron chi connectivity index (χ2n) is 10.4. The molecule has 37 heavy (non-hydrogen) atoms. The Labute approximate surface area is 216 Å². The van der Waals surface area contributed by atoms with Gasteiger partial charge in [-0.25, -0.2) is 9.67 Å². The molecule has 1 atom stereocenters. The van der Waals surface area contributed by atoms with Gasteiger partial charge in [0.2, 0.25) is 11.8 Å². The van der Waals surface area contributed by atoms with Crippen LogP contribution in [0.4, 0.5) is 5.69 Å². The quantitative estimate of drug-likeness (QED) is 0.578. The normalized spacial score (nSPS) is 21.6. The predicted molar refractivity (Wildman–Crippen MR) is 138 cm³/mol. The van der Waals surface area contributed by atoms with Crippen molar-refractivity contribution in [1.29, 1.82) is 0 Å². The summed E-state index contributed by atoms with van der Waals surface area (Å²) in [5.41, 5.74) is 2.07. The van der Waals surface area contributed by atoms with Crippen LogP contribution in [-0.2, 0) is 20.9 Å². The Balaban J connectivity index is 1.21. The van der Waals surface area contributed by atoms with E-state index < -0.39 is 0 Å². The third-order valence-electron chi connectivity index (χ3n) is 7.95. The minimum atomic E-state index is -0.227. The standard InChI is InChI=1S/C26H37N7O4/c1-3-33-24-20(15-29-33)23(30-19-6-10-37-11-7-19)21(14-27-24)25(35)28-13-17-4-8-32(9-5-17)26(36)18-12-22(34)31(2)16-18/h14-15,17-19H,3-13,16H2,1-2H3,(H,27,30)(H,28,35). The van der Waals surface area contributed by atoms with Gasteiger partial charge in [-0.15, -0.1) is 0 Å². The van der Waals surface area contributed by atoms with Crippen LogP contribution in [0, 0.1) is 11.8 Å². The molecule has 0 bridgehead atoms. The number of carbonyl (C=O) groups is 3. The van der Waals surface area contributed by atoms with Crippen LogP contribution in [0.5, 0.6) is 0 Å². The van der Waals surface area contributed by atoms with Crippen molar-refractivity contribution in [3.8, 4) is 0 Å². The fourth-order valence-corrected chi connectivity index (χ4v) is 5.61. The topological polar surface area (TPSA) is 122 Å². The lowest BCUT2D eigenvalue weighted by molar-refractivity contribution is -0.137. The average molecular weight is 512 g/mol. The lowest BCUT2D eigenvalue weighted by Gasteiger charge is -2.33. The molecule has 2 aromatic rings. The first-order valence-electron chi connectivity index (χ1n) is 13.4. The summed E-state index contributed by atoms with van der Waals surface area (Å²) in [7, 11) is 1.75. The summed E-state index contributed by atoms with van der Waals surface area (Å²) >= 11 is 0. The molecule has 0 radical (unpaired) electrons. The number of likely N-dealkylation sites (tertiary alicyclic amines) is 2. The molecular formula is C26H37N7O4. The number of nitrogens with zero attached hydrogens (tertiary/aromatic N) is 5. The van der Waals surface area contributed by atoms with Gasteiger partial charge in [0.15, 0.2) is 5.65 Å². The largest absolute Gasteiger partial charge is 0.381 e. The van der Waals surface area contributed by atoms with Crippen molar-refractivity contribution in [2.24, 2.45) is 11.8 Å². The SMILES string of the molecule is CCn1ncc2c(NC3CCOCC3)c(C(=O)NCC3CCN(C(=O)C4CC(=O)N(C)C4)CC3)cnc21. The van der Waals surface area contributed by atoms with E-state index in [0.717, 1.165) is 42.4 Å². The zero-order chi connectivity index (χ0) is 25.9. The molecule has 5 rings (SSSR count). The van der Waals surface area contributed by atoms with Gasteiger partial charge in [0.1, 0.15) is 0 Å². The van der Waals surface area contributed by atoms with Crippen LogP contribution in [-0.4, -0.2) is 94.8 Å². The van der Waals surface area contributed by atoms with E-state index in [2.05, 4.69) is 20.7 Å². The van der Waals surface area contributed by atoms with Crippen molar-refractivity contribution in [2.75, 3.05) is 51.8 Å². The maximum atomic E-state index is 13.3. The summed E-state index contributed by atoms with van der Waals surface area (Å²) in [6.45, 7) is 6.51. The maximum absolute atomic E-state index is 13.3. The molecule has 0 spiro atoms. The summed E-state index contributed by atoms with van der Waals surface area (Å²) in [6, 6.07) is 0.229. The molecule has 11 nitrogen and oxygen atoms in total. The number of anilines is 1.